The number of hydrogen-bond donors (Lipinski definition) is 2. The van der Waals surface area contributed by atoms with Gasteiger partial charge in [0, 0.05) is 29.5 Å². The summed E-state index contributed by atoms with van der Waals surface area (Å²) in [6, 6.07) is 16.4. The van der Waals surface area contributed by atoms with E-state index in [2.05, 4.69) is 20.8 Å². The van der Waals surface area contributed by atoms with Crippen LogP contribution in [0.15, 0.2) is 59.1 Å². The van der Waals surface area contributed by atoms with E-state index in [0.717, 1.165) is 24.3 Å². The highest BCUT2D eigenvalue weighted by Gasteiger charge is 2.56. The molecule has 2 amide bonds. The molecular weight excluding hydrogens is 356 g/mol. The number of nitrogens with zero attached hydrogens (tertiary/aromatic N) is 2. The lowest BCUT2D eigenvalue weighted by Gasteiger charge is -2.07. The normalized spacial score (nSPS) is 22.9. The number of aromatic nitrogens is 2. The van der Waals surface area contributed by atoms with Gasteiger partial charge in [0.1, 0.15) is 0 Å². The number of ether oxygens (including phenoxy) is 1. The number of amides is 2. The lowest BCUT2D eigenvalue weighted by Crippen LogP contribution is -2.19. The van der Waals surface area contributed by atoms with Gasteiger partial charge >= 0.3 is 6.03 Å². The van der Waals surface area contributed by atoms with Crippen LogP contribution in [0.4, 0.5) is 16.2 Å². The number of para-hydroxylation sites is 1. The van der Waals surface area contributed by atoms with Crippen LogP contribution in [-0.2, 0) is 4.74 Å². The van der Waals surface area contributed by atoms with Gasteiger partial charge in [-0.25, -0.2) is 4.79 Å². The van der Waals surface area contributed by atoms with Crippen LogP contribution in [0.25, 0.3) is 11.4 Å². The fourth-order valence-corrected chi connectivity index (χ4v) is 3.78. The minimum absolute atomic E-state index is 0.242. The van der Waals surface area contributed by atoms with Crippen molar-refractivity contribution in [3.8, 4) is 11.4 Å². The predicted octanol–water partition coefficient (Wildman–Crippen LogP) is 4.27. The average molecular weight is 376 g/mol. The van der Waals surface area contributed by atoms with Gasteiger partial charge in [-0.2, -0.15) is 4.98 Å². The molecule has 28 heavy (non-hydrogen) atoms. The van der Waals surface area contributed by atoms with E-state index < -0.39 is 0 Å². The summed E-state index contributed by atoms with van der Waals surface area (Å²) in [5, 5.41) is 9.70. The number of rotatable bonds is 4. The van der Waals surface area contributed by atoms with Crippen molar-refractivity contribution >= 4 is 17.4 Å². The Labute approximate surface area is 162 Å². The molecule has 0 spiro atoms. The molecule has 1 saturated carbocycles. The number of nitrogens with one attached hydrogen (secondary N) is 2. The van der Waals surface area contributed by atoms with Crippen molar-refractivity contribution < 1.29 is 14.1 Å². The summed E-state index contributed by atoms with van der Waals surface area (Å²) in [5.41, 5.74) is 2.26. The number of urea groups is 1. The molecule has 1 aliphatic heterocycles. The maximum Gasteiger partial charge on any atom is 0.323 e. The van der Waals surface area contributed by atoms with Crippen LogP contribution in [0.1, 0.15) is 24.7 Å². The SMILES string of the molecule is O=C(Nc1ccccc1)Nc1ccc(-c2noc([C@@H]3[C@H]4CCCO[C@H]43)n2)cc1. The largest absolute Gasteiger partial charge is 0.377 e. The van der Waals surface area contributed by atoms with Gasteiger partial charge in [-0.15, -0.1) is 0 Å². The summed E-state index contributed by atoms with van der Waals surface area (Å²) in [4.78, 5) is 16.6. The van der Waals surface area contributed by atoms with Crippen molar-refractivity contribution in [2.75, 3.05) is 17.2 Å². The zero-order valence-corrected chi connectivity index (χ0v) is 15.2. The second kappa shape index (κ2) is 7.09. The Bertz CT molecular complexity index is 959. The van der Waals surface area contributed by atoms with E-state index in [-0.39, 0.29) is 18.1 Å². The molecule has 0 radical (unpaired) electrons. The maximum atomic E-state index is 12.1. The Balaban J connectivity index is 1.22. The quantitative estimate of drug-likeness (QED) is 0.710. The van der Waals surface area contributed by atoms with Crippen LogP contribution >= 0.6 is 0 Å². The van der Waals surface area contributed by atoms with Crippen molar-refractivity contribution in [3.63, 3.8) is 0 Å². The molecule has 2 fully saturated rings. The number of anilines is 2. The van der Waals surface area contributed by atoms with E-state index in [1.54, 1.807) is 0 Å². The lowest BCUT2D eigenvalue weighted by atomic mass is 10.2. The number of fused-ring (bicyclic) bond motifs is 1. The predicted molar refractivity (Wildman–Crippen MR) is 104 cm³/mol. The number of hydrogen-bond acceptors (Lipinski definition) is 5. The molecule has 1 aliphatic carbocycles. The molecule has 142 valence electrons. The Kier molecular flexibility index (Phi) is 4.29. The van der Waals surface area contributed by atoms with E-state index in [9.17, 15) is 4.79 Å². The van der Waals surface area contributed by atoms with Gasteiger partial charge in [0.05, 0.1) is 12.0 Å². The van der Waals surface area contributed by atoms with Gasteiger partial charge in [-0.05, 0) is 49.2 Å². The highest BCUT2D eigenvalue weighted by atomic mass is 16.5. The van der Waals surface area contributed by atoms with Gasteiger partial charge in [-0.1, -0.05) is 23.4 Å². The molecule has 2 aromatic carbocycles. The minimum atomic E-state index is -0.294. The van der Waals surface area contributed by atoms with Crippen LogP contribution in [0, 0.1) is 5.92 Å². The van der Waals surface area contributed by atoms with Crippen molar-refractivity contribution in [1.82, 2.24) is 10.1 Å². The van der Waals surface area contributed by atoms with Crippen molar-refractivity contribution in [1.29, 1.82) is 0 Å². The Morgan fingerprint density at radius 3 is 2.46 bits per heavy atom. The number of carbonyl (C=O) groups excluding carboxylic acids is 1. The molecule has 3 aromatic rings. The molecule has 2 N–H and O–H groups in total. The fourth-order valence-electron chi connectivity index (χ4n) is 3.78. The van der Waals surface area contributed by atoms with Gasteiger partial charge in [0.25, 0.3) is 0 Å². The Morgan fingerprint density at radius 2 is 1.75 bits per heavy atom. The van der Waals surface area contributed by atoms with Crippen LogP contribution in [0.2, 0.25) is 0 Å². The highest BCUT2D eigenvalue weighted by Crippen LogP contribution is 2.54. The number of carbonyl (C=O) groups is 1. The molecule has 2 heterocycles. The monoisotopic (exact) mass is 376 g/mol. The fraction of sp³-hybridized carbons (Fsp3) is 0.286. The first kappa shape index (κ1) is 16.9. The van der Waals surface area contributed by atoms with Gasteiger partial charge in [0.15, 0.2) is 0 Å². The van der Waals surface area contributed by atoms with E-state index in [4.69, 9.17) is 9.26 Å². The van der Waals surface area contributed by atoms with Crippen LogP contribution in [0.5, 0.6) is 0 Å². The third-order valence-electron chi connectivity index (χ3n) is 5.25. The van der Waals surface area contributed by atoms with Crippen LogP contribution in [-0.4, -0.2) is 28.9 Å². The first-order chi connectivity index (χ1) is 13.8. The maximum absolute atomic E-state index is 12.1. The van der Waals surface area contributed by atoms with E-state index in [0.29, 0.717) is 23.3 Å². The van der Waals surface area contributed by atoms with E-state index in [1.165, 1.54) is 6.42 Å². The summed E-state index contributed by atoms with van der Waals surface area (Å²) in [5.74, 6) is 1.98. The second-order valence-corrected chi connectivity index (χ2v) is 7.15. The standard InChI is InChI=1S/C21H20N4O3/c26-21(22-14-5-2-1-3-6-14)23-15-10-8-13(9-11-15)19-24-20(28-25-19)17-16-7-4-12-27-18(16)17/h1-3,5-6,8-11,16-18H,4,7,12H2,(H2,22,23,26)/t16-,17-,18-/m1/s1. The first-order valence-corrected chi connectivity index (χ1v) is 9.46. The van der Waals surface area contributed by atoms with Crippen molar-refractivity contribution in [3.05, 3.63) is 60.5 Å². The van der Waals surface area contributed by atoms with E-state index in [1.807, 2.05) is 54.6 Å². The molecule has 0 unspecified atom stereocenters. The Morgan fingerprint density at radius 1 is 1.00 bits per heavy atom. The Hall–Kier alpha value is -3.19. The molecule has 3 atom stereocenters. The summed E-state index contributed by atoms with van der Waals surface area (Å²) in [7, 11) is 0. The molecular formula is C21H20N4O3. The smallest absolute Gasteiger partial charge is 0.323 e. The molecule has 0 bridgehead atoms. The lowest BCUT2D eigenvalue weighted by molar-refractivity contribution is 0.0771. The third-order valence-corrected chi connectivity index (χ3v) is 5.25. The first-order valence-electron chi connectivity index (χ1n) is 9.46. The second-order valence-electron chi connectivity index (χ2n) is 7.15. The highest BCUT2D eigenvalue weighted by molar-refractivity contribution is 5.99. The zero-order chi connectivity index (χ0) is 18.9. The van der Waals surface area contributed by atoms with Gasteiger partial charge < -0.3 is 19.9 Å². The third kappa shape index (κ3) is 3.36. The van der Waals surface area contributed by atoms with Crippen LogP contribution in [0.3, 0.4) is 0 Å². The average Bonchev–Trinajstić information content (AvgIpc) is 3.25. The molecule has 2 aliphatic rings. The number of benzene rings is 2. The molecule has 5 rings (SSSR count). The molecule has 1 saturated heterocycles. The minimum Gasteiger partial charge on any atom is -0.377 e. The van der Waals surface area contributed by atoms with Gasteiger partial charge in [0.2, 0.25) is 11.7 Å². The summed E-state index contributed by atoms with van der Waals surface area (Å²) >= 11 is 0. The van der Waals surface area contributed by atoms with Crippen LogP contribution < -0.4 is 10.6 Å². The zero-order valence-electron chi connectivity index (χ0n) is 15.2. The summed E-state index contributed by atoms with van der Waals surface area (Å²) in [6.45, 7) is 0.824. The molecule has 7 heteroatoms. The topological polar surface area (TPSA) is 89.3 Å². The van der Waals surface area contributed by atoms with E-state index >= 15 is 0 Å². The summed E-state index contributed by atoms with van der Waals surface area (Å²) in [6.07, 6.45) is 2.51. The van der Waals surface area contributed by atoms with Crippen molar-refractivity contribution in [2.24, 2.45) is 5.92 Å². The van der Waals surface area contributed by atoms with Gasteiger partial charge in [-0.3, -0.25) is 0 Å². The molecule has 1 aromatic heterocycles. The van der Waals surface area contributed by atoms with Crippen molar-refractivity contribution in [2.45, 2.75) is 24.9 Å². The summed E-state index contributed by atoms with van der Waals surface area (Å²) < 4.78 is 11.2. The molecule has 7 nitrogen and oxygen atoms in total.